The normalized spacial score (nSPS) is 12.0. The monoisotopic (exact) mass is 558 g/mol. The maximum absolute atomic E-state index is 13.0. The fraction of sp³-hybridized carbons (Fsp3) is 0.370. The highest BCUT2D eigenvalue weighted by atomic mass is 32.1. The molecule has 38 heavy (non-hydrogen) atoms. The molecule has 2 aromatic rings. The molecule has 9 nitrogen and oxygen atoms in total. The largest absolute Gasteiger partial charge is 0.467 e. The molecule has 0 aliphatic rings. The quantitative estimate of drug-likeness (QED) is 0.217. The lowest BCUT2D eigenvalue weighted by Gasteiger charge is -2.22. The van der Waals surface area contributed by atoms with Crippen LogP contribution in [-0.2, 0) is 32.1 Å². The molecule has 0 unspecified atom stereocenters. The Hall–Kier alpha value is -3.57. The van der Waals surface area contributed by atoms with E-state index in [1.165, 1.54) is 7.11 Å². The summed E-state index contributed by atoms with van der Waals surface area (Å²) in [6.45, 7) is 4.06. The molecule has 2 rings (SSSR count). The molecule has 0 radical (unpaired) electrons. The molecule has 2 amide bonds. The van der Waals surface area contributed by atoms with Crippen molar-refractivity contribution in [3.05, 3.63) is 71.8 Å². The minimum absolute atomic E-state index is 0.0277. The van der Waals surface area contributed by atoms with E-state index >= 15 is 0 Å². The number of hydrogen-bond donors (Lipinski definition) is 4. The highest BCUT2D eigenvalue weighted by molar-refractivity contribution is 7.80. The third kappa shape index (κ3) is 11.2. The molecule has 0 heterocycles. The van der Waals surface area contributed by atoms with Crippen molar-refractivity contribution in [3.63, 3.8) is 0 Å². The Kier molecular flexibility index (Phi) is 13.2. The average Bonchev–Trinajstić information content (AvgIpc) is 2.92. The summed E-state index contributed by atoms with van der Waals surface area (Å²) in [7, 11) is 1.32. The van der Waals surface area contributed by atoms with Crippen molar-refractivity contribution in [2.24, 2.45) is 5.92 Å². The first kappa shape index (κ1) is 30.7. The number of nitrogens with one attached hydrogen (secondary N) is 4. The summed E-state index contributed by atoms with van der Waals surface area (Å²) in [5.41, 5.74) is 1.71. The summed E-state index contributed by atoms with van der Waals surface area (Å²) in [6, 6.07) is 17.1. The highest BCUT2D eigenvalue weighted by Crippen LogP contribution is 2.06. The van der Waals surface area contributed by atoms with Gasteiger partial charge in [0.25, 0.3) is 0 Å². The van der Waals surface area contributed by atoms with Crippen LogP contribution in [0, 0.1) is 5.92 Å². The van der Waals surface area contributed by atoms with Crippen LogP contribution >= 0.6 is 24.4 Å². The molecule has 0 bridgehead atoms. The number of ether oxygens (including phenoxy) is 2. The van der Waals surface area contributed by atoms with Crippen molar-refractivity contribution in [2.45, 2.75) is 39.0 Å². The molecule has 0 spiro atoms. The highest BCUT2D eigenvalue weighted by Gasteiger charge is 2.24. The summed E-state index contributed by atoms with van der Waals surface area (Å²) in [6.07, 6.45) is -0.432. The number of rotatable bonds is 13. The Morgan fingerprint density at radius 3 is 1.97 bits per heavy atom. The SMILES string of the molecule is COC(=O)[C@@H](NC(=S)CNC(=S)CNC(=O)[C@H](Cc1ccccc1)NC(=O)OCc1ccccc1)C(C)C. The van der Waals surface area contributed by atoms with Crippen LogP contribution in [0.2, 0.25) is 0 Å². The van der Waals surface area contributed by atoms with Crippen LogP contribution in [0.15, 0.2) is 60.7 Å². The van der Waals surface area contributed by atoms with E-state index < -0.39 is 30.1 Å². The second kappa shape index (κ2) is 16.3. The van der Waals surface area contributed by atoms with E-state index in [1.54, 1.807) is 0 Å². The second-order valence-corrected chi connectivity index (χ2v) is 9.74. The van der Waals surface area contributed by atoms with Gasteiger partial charge in [-0.25, -0.2) is 9.59 Å². The maximum atomic E-state index is 13.0. The van der Waals surface area contributed by atoms with Gasteiger partial charge in [0, 0.05) is 6.42 Å². The number of methoxy groups -OCH3 is 1. The zero-order chi connectivity index (χ0) is 27.9. The fourth-order valence-electron chi connectivity index (χ4n) is 3.35. The van der Waals surface area contributed by atoms with Gasteiger partial charge in [-0.05, 0) is 17.0 Å². The van der Waals surface area contributed by atoms with Crippen LogP contribution in [0.4, 0.5) is 4.79 Å². The van der Waals surface area contributed by atoms with Crippen LogP contribution in [0.1, 0.15) is 25.0 Å². The first-order valence-electron chi connectivity index (χ1n) is 12.1. The van der Waals surface area contributed by atoms with Crippen LogP contribution in [0.25, 0.3) is 0 Å². The first-order chi connectivity index (χ1) is 18.2. The average molecular weight is 559 g/mol. The first-order valence-corrected chi connectivity index (χ1v) is 12.9. The molecule has 2 aromatic carbocycles. The maximum Gasteiger partial charge on any atom is 0.408 e. The van der Waals surface area contributed by atoms with E-state index in [0.29, 0.717) is 9.98 Å². The van der Waals surface area contributed by atoms with Gasteiger partial charge < -0.3 is 30.7 Å². The standard InChI is InChI=1S/C27H34N4O5S2/c1-18(2)24(26(33)35-3)31-23(38)16-28-22(37)15-29-25(32)21(14-19-10-6-4-7-11-19)30-27(34)36-17-20-12-8-5-9-13-20/h4-13,18,21,24H,14-17H2,1-3H3,(H,28,37)(H,29,32)(H,30,34)(H,31,38)/t21-,24-/m0/s1. The lowest BCUT2D eigenvalue weighted by molar-refractivity contribution is -0.143. The number of carbonyl (C=O) groups excluding carboxylic acids is 3. The van der Waals surface area contributed by atoms with Gasteiger partial charge >= 0.3 is 12.1 Å². The Balaban J connectivity index is 1.88. The number of amides is 2. The fourth-order valence-corrected chi connectivity index (χ4v) is 3.69. The lowest BCUT2D eigenvalue weighted by atomic mass is 10.0. The number of hydrogen-bond acceptors (Lipinski definition) is 7. The minimum atomic E-state index is -0.877. The number of benzene rings is 2. The van der Waals surface area contributed by atoms with E-state index in [4.69, 9.17) is 33.9 Å². The second-order valence-electron chi connectivity index (χ2n) is 8.76. The molecule has 11 heteroatoms. The van der Waals surface area contributed by atoms with E-state index in [2.05, 4.69) is 21.3 Å². The molecular weight excluding hydrogens is 524 g/mol. The molecule has 0 saturated carbocycles. The number of alkyl carbamates (subject to hydrolysis) is 1. The number of esters is 1. The van der Waals surface area contributed by atoms with Crippen LogP contribution in [0.5, 0.6) is 0 Å². The Morgan fingerprint density at radius 1 is 0.816 bits per heavy atom. The van der Waals surface area contributed by atoms with E-state index in [1.807, 2.05) is 74.5 Å². The topological polar surface area (TPSA) is 118 Å². The summed E-state index contributed by atoms with van der Waals surface area (Å²) in [5.74, 6) is -0.850. The van der Waals surface area contributed by atoms with Crippen molar-refractivity contribution in [3.8, 4) is 0 Å². The zero-order valence-electron chi connectivity index (χ0n) is 21.7. The van der Waals surface area contributed by atoms with Crippen molar-refractivity contribution < 1.29 is 23.9 Å². The molecule has 0 saturated heterocycles. The molecule has 0 fully saturated rings. The predicted octanol–water partition coefficient (Wildman–Crippen LogP) is 2.67. The van der Waals surface area contributed by atoms with Gasteiger partial charge in [0.2, 0.25) is 5.91 Å². The van der Waals surface area contributed by atoms with E-state index in [9.17, 15) is 14.4 Å². The third-order valence-electron chi connectivity index (χ3n) is 5.41. The summed E-state index contributed by atoms with van der Waals surface area (Å²) in [5, 5.41) is 11.3. The molecule has 2 atom stereocenters. The van der Waals surface area contributed by atoms with Crippen molar-refractivity contribution in [1.29, 1.82) is 0 Å². The molecular formula is C27H34N4O5S2. The van der Waals surface area contributed by atoms with Crippen molar-refractivity contribution in [2.75, 3.05) is 20.2 Å². The van der Waals surface area contributed by atoms with Crippen LogP contribution < -0.4 is 21.3 Å². The molecule has 4 N–H and O–H groups in total. The van der Waals surface area contributed by atoms with Crippen LogP contribution in [-0.4, -0.2) is 60.2 Å². The van der Waals surface area contributed by atoms with Crippen molar-refractivity contribution >= 4 is 52.4 Å². The van der Waals surface area contributed by atoms with E-state index in [-0.39, 0.29) is 32.0 Å². The number of thiocarbonyl (C=S) groups is 2. The lowest BCUT2D eigenvalue weighted by Crippen LogP contribution is -2.51. The third-order valence-corrected chi connectivity index (χ3v) is 5.96. The van der Waals surface area contributed by atoms with Crippen LogP contribution in [0.3, 0.4) is 0 Å². The molecule has 204 valence electrons. The smallest absolute Gasteiger partial charge is 0.408 e. The molecule has 0 aromatic heterocycles. The van der Waals surface area contributed by atoms with Gasteiger partial charge in [-0.15, -0.1) is 0 Å². The Labute approximate surface area is 234 Å². The van der Waals surface area contributed by atoms with Gasteiger partial charge in [-0.3, -0.25) is 4.79 Å². The minimum Gasteiger partial charge on any atom is -0.467 e. The molecule has 0 aliphatic heterocycles. The van der Waals surface area contributed by atoms with Gasteiger partial charge in [0.15, 0.2) is 0 Å². The zero-order valence-corrected chi connectivity index (χ0v) is 23.3. The van der Waals surface area contributed by atoms with E-state index in [0.717, 1.165) is 11.1 Å². The Bertz CT molecular complexity index is 1080. The van der Waals surface area contributed by atoms with Gasteiger partial charge in [0.1, 0.15) is 18.7 Å². The van der Waals surface area contributed by atoms with Gasteiger partial charge in [0.05, 0.1) is 30.2 Å². The Morgan fingerprint density at radius 2 is 1.39 bits per heavy atom. The predicted molar refractivity (Wildman–Crippen MR) is 154 cm³/mol. The number of carbonyl (C=O) groups is 3. The summed E-state index contributed by atoms with van der Waals surface area (Å²) >= 11 is 10.6. The van der Waals surface area contributed by atoms with Gasteiger partial charge in [-0.1, -0.05) is 98.9 Å². The van der Waals surface area contributed by atoms with Gasteiger partial charge in [-0.2, -0.15) is 0 Å². The molecule has 0 aliphatic carbocycles. The summed E-state index contributed by atoms with van der Waals surface area (Å²) in [4.78, 5) is 38.0. The summed E-state index contributed by atoms with van der Waals surface area (Å²) < 4.78 is 10.1. The van der Waals surface area contributed by atoms with Crippen molar-refractivity contribution in [1.82, 2.24) is 21.3 Å².